The van der Waals surface area contributed by atoms with Gasteiger partial charge in [-0.3, -0.25) is 0 Å². The van der Waals surface area contributed by atoms with Crippen LogP contribution in [0.3, 0.4) is 0 Å². The van der Waals surface area contributed by atoms with E-state index in [1.54, 1.807) is 12.5 Å². The van der Waals surface area contributed by atoms with E-state index in [-0.39, 0.29) is 6.01 Å². The van der Waals surface area contributed by atoms with Crippen molar-refractivity contribution in [3.05, 3.63) is 36.1 Å². The number of hydrogen-bond donors (Lipinski definition) is 1. The molecule has 2 aromatic rings. The van der Waals surface area contributed by atoms with Gasteiger partial charge in [-0.15, -0.1) is 0 Å². The molecule has 0 unspecified atom stereocenters. The molecule has 4 heteroatoms. The van der Waals surface area contributed by atoms with E-state index < -0.39 is 0 Å². The number of rotatable bonds is 2. The standard InChI is InChI=1S/C10H10N2O2/c1-7(5-8-3-2-4-13-8)9-6-12-10(11)14-9/h2-6H,1H3,(H2,11,12)/b7-5-. The second kappa shape index (κ2) is 3.41. The average Bonchev–Trinajstić information content (AvgIpc) is 2.75. The number of furan rings is 1. The largest absolute Gasteiger partial charge is 0.465 e. The summed E-state index contributed by atoms with van der Waals surface area (Å²) in [6.07, 6.45) is 5.07. The van der Waals surface area contributed by atoms with Crippen molar-refractivity contribution in [1.82, 2.24) is 4.98 Å². The summed E-state index contributed by atoms with van der Waals surface area (Å²) in [6.45, 7) is 1.91. The first-order chi connectivity index (χ1) is 6.75. The maximum atomic E-state index is 5.36. The highest BCUT2D eigenvalue weighted by Gasteiger charge is 2.03. The molecule has 0 aliphatic heterocycles. The van der Waals surface area contributed by atoms with Gasteiger partial charge in [0.1, 0.15) is 5.76 Å². The Morgan fingerprint density at radius 3 is 3.00 bits per heavy atom. The first-order valence-corrected chi connectivity index (χ1v) is 4.19. The molecule has 0 spiro atoms. The van der Waals surface area contributed by atoms with Crippen molar-refractivity contribution >= 4 is 17.7 Å². The summed E-state index contributed by atoms with van der Waals surface area (Å²) in [5.74, 6) is 1.43. The summed E-state index contributed by atoms with van der Waals surface area (Å²) in [4.78, 5) is 3.81. The van der Waals surface area contributed by atoms with E-state index in [2.05, 4.69) is 4.98 Å². The van der Waals surface area contributed by atoms with Crippen molar-refractivity contribution in [3.8, 4) is 0 Å². The molecule has 0 aliphatic rings. The highest BCUT2D eigenvalue weighted by Crippen LogP contribution is 2.19. The Kier molecular flexibility index (Phi) is 2.10. The van der Waals surface area contributed by atoms with Crippen LogP contribution in [0.2, 0.25) is 0 Å². The minimum absolute atomic E-state index is 0.173. The lowest BCUT2D eigenvalue weighted by Gasteiger charge is -1.92. The molecule has 0 bridgehead atoms. The van der Waals surface area contributed by atoms with E-state index in [1.165, 1.54) is 0 Å². The van der Waals surface area contributed by atoms with Crippen LogP contribution in [-0.4, -0.2) is 4.98 Å². The number of oxazole rings is 1. The van der Waals surface area contributed by atoms with Crippen molar-refractivity contribution in [3.63, 3.8) is 0 Å². The summed E-state index contributed by atoms with van der Waals surface area (Å²) >= 11 is 0. The van der Waals surface area contributed by atoms with Gasteiger partial charge in [-0.25, -0.2) is 4.98 Å². The molecule has 2 rings (SSSR count). The van der Waals surface area contributed by atoms with Crippen LogP contribution in [0.4, 0.5) is 6.01 Å². The van der Waals surface area contributed by atoms with E-state index in [1.807, 2.05) is 25.1 Å². The molecule has 14 heavy (non-hydrogen) atoms. The lowest BCUT2D eigenvalue weighted by atomic mass is 10.2. The highest BCUT2D eigenvalue weighted by atomic mass is 16.4. The third kappa shape index (κ3) is 1.69. The van der Waals surface area contributed by atoms with Gasteiger partial charge in [0.2, 0.25) is 0 Å². The van der Waals surface area contributed by atoms with Crippen molar-refractivity contribution in [2.45, 2.75) is 6.92 Å². The molecule has 0 radical (unpaired) electrons. The van der Waals surface area contributed by atoms with Crippen LogP contribution in [0.25, 0.3) is 11.6 Å². The Morgan fingerprint density at radius 1 is 1.57 bits per heavy atom. The smallest absolute Gasteiger partial charge is 0.292 e. The molecule has 0 aliphatic carbocycles. The number of allylic oxidation sites excluding steroid dienone is 1. The lowest BCUT2D eigenvalue weighted by molar-refractivity contribution is 0.554. The van der Waals surface area contributed by atoms with Gasteiger partial charge in [-0.2, -0.15) is 0 Å². The number of nitrogens with zero attached hydrogens (tertiary/aromatic N) is 1. The van der Waals surface area contributed by atoms with Crippen LogP contribution < -0.4 is 5.73 Å². The van der Waals surface area contributed by atoms with Crippen LogP contribution >= 0.6 is 0 Å². The molecule has 0 atom stereocenters. The Morgan fingerprint density at radius 2 is 2.43 bits per heavy atom. The Balaban J connectivity index is 2.28. The number of anilines is 1. The first kappa shape index (κ1) is 8.62. The van der Waals surface area contributed by atoms with Crippen LogP contribution in [0, 0.1) is 0 Å². The van der Waals surface area contributed by atoms with E-state index in [0.29, 0.717) is 5.76 Å². The van der Waals surface area contributed by atoms with Gasteiger partial charge in [-0.05, 0) is 30.7 Å². The van der Waals surface area contributed by atoms with Gasteiger partial charge in [-0.1, -0.05) is 0 Å². The summed E-state index contributed by atoms with van der Waals surface area (Å²) in [6, 6.07) is 3.86. The zero-order valence-corrected chi connectivity index (χ0v) is 7.73. The molecular weight excluding hydrogens is 180 g/mol. The molecule has 2 heterocycles. The van der Waals surface area contributed by atoms with Gasteiger partial charge in [0.05, 0.1) is 12.5 Å². The fraction of sp³-hybridized carbons (Fsp3) is 0.100. The fourth-order valence-corrected chi connectivity index (χ4v) is 1.13. The minimum atomic E-state index is 0.173. The average molecular weight is 190 g/mol. The number of hydrogen-bond acceptors (Lipinski definition) is 4. The van der Waals surface area contributed by atoms with E-state index in [0.717, 1.165) is 11.3 Å². The molecule has 0 aromatic carbocycles. The predicted molar refractivity (Wildman–Crippen MR) is 53.2 cm³/mol. The van der Waals surface area contributed by atoms with Crippen LogP contribution in [0.1, 0.15) is 18.4 Å². The first-order valence-electron chi connectivity index (χ1n) is 4.19. The second-order valence-corrected chi connectivity index (χ2v) is 2.91. The van der Waals surface area contributed by atoms with Crippen LogP contribution in [-0.2, 0) is 0 Å². The van der Waals surface area contributed by atoms with Crippen LogP contribution in [0.5, 0.6) is 0 Å². The summed E-state index contributed by atoms with van der Waals surface area (Å²) in [5.41, 5.74) is 6.28. The highest BCUT2D eigenvalue weighted by molar-refractivity contribution is 5.76. The van der Waals surface area contributed by atoms with Crippen molar-refractivity contribution in [1.29, 1.82) is 0 Å². The Labute approximate surface area is 81.0 Å². The van der Waals surface area contributed by atoms with Crippen molar-refractivity contribution < 1.29 is 8.83 Å². The van der Waals surface area contributed by atoms with Crippen LogP contribution in [0.15, 0.2) is 33.4 Å². The SMILES string of the molecule is C/C(=C/c1ccco1)c1cnc(N)o1. The zero-order valence-electron chi connectivity index (χ0n) is 7.73. The molecule has 0 amide bonds. The predicted octanol–water partition coefficient (Wildman–Crippen LogP) is 2.41. The molecule has 0 saturated carbocycles. The number of nitrogens with two attached hydrogens (primary N) is 1. The Hall–Kier alpha value is -1.97. The third-order valence-corrected chi connectivity index (χ3v) is 1.81. The fourth-order valence-electron chi connectivity index (χ4n) is 1.13. The normalized spacial score (nSPS) is 11.9. The third-order valence-electron chi connectivity index (χ3n) is 1.81. The monoisotopic (exact) mass is 190 g/mol. The van der Waals surface area contributed by atoms with Gasteiger partial charge < -0.3 is 14.6 Å². The molecule has 0 fully saturated rings. The minimum Gasteiger partial charge on any atom is -0.465 e. The molecule has 0 saturated heterocycles. The molecule has 2 aromatic heterocycles. The maximum absolute atomic E-state index is 5.36. The van der Waals surface area contributed by atoms with E-state index in [9.17, 15) is 0 Å². The molecule has 2 N–H and O–H groups in total. The van der Waals surface area contributed by atoms with Gasteiger partial charge in [0.25, 0.3) is 6.01 Å². The second-order valence-electron chi connectivity index (χ2n) is 2.91. The van der Waals surface area contributed by atoms with Gasteiger partial charge in [0.15, 0.2) is 5.76 Å². The lowest BCUT2D eigenvalue weighted by Crippen LogP contribution is -1.80. The van der Waals surface area contributed by atoms with E-state index in [4.69, 9.17) is 14.6 Å². The maximum Gasteiger partial charge on any atom is 0.292 e. The van der Waals surface area contributed by atoms with E-state index >= 15 is 0 Å². The van der Waals surface area contributed by atoms with Gasteiger partial charge >= 0.3 is 0 Å². The number of aromatic nitrogens is 1. The van der Waals surface area contributed by atoms with Gasteiger partial charge in [0, 0.05) is 0 Å². The summed E-state index contributed by atoms with van der Waals surface area (Å²) < 4.78 is 10.3. The zero-order chi connectivity index (χ0) is 9.97. The molecule has 4 nitrogen and oxygen atoms in total. The number of nitrogen functional groups attached to an aromatic ring is 1. The van der Waals surface area contributed by atoms with Crippen molar-refractivity contribution in [2.24, 2.45) is 0 Å². The van der Waals surface area contributed by atoms with Crippen molar-refractivity contribution in [2.75, 3.05) is 5.73 Å². The summed E-state index contributed by atoms with van der Waals surface area (Å²) in [5, 5.41) is 0. The quantitative estimate of drug-likeness (QED) is 0.789. The molecule has 72 valence electrons. The Bertz CT molecular complexity index is 440. The molecular formula is C10H10N2O2. The topological polar surface area (TPSA) is 65.2 Å². The summed E-state index contributed by atoms with van der Waals surface area (Å²) in [7, 11) is 0.